The molecule has 10 nitrogen and oxygen atoms in total. The number of carboxylic acids is 1. The predicted molar refractivity (Wildman–Crippen MR) is 182 cm³/mol. The summed E-state index contributed by atoms with van der Waals surface area (Å²) in [6.45, 7) is 5.67. The van der Waals surface area contributed by atoms with Crippen LogP contribution in [0.25, 0.3) is 10.8 Å². The first-order valence-corrected chi connectivity index (χ1v) is 17.0. The Balaban J connectivity index is 1.49. The zero-order chi connectivity index (χ0) is 32.9. The standard InChI is InChI=1S/C35H44N6O4S/c1-4-25(2)32(39-33(42)18-29-21-41(24-37-29)19-26-12-15-36-16-13-26)22-40(23-34(43)38-31(35(44)45)14-17-46-3)20-28-10-7-9-27-8-5-6-11-30(27)28/h5-13,15-16,21,24-25,31-32H,4,14,17-20,22-23H2,1-3H3,(H,38,43)(H,39,42)(H,44,45)/t25?,31-,32+/m0/s1. The number of aromatic nitrogens is 3. The molecule has 4 rings (SSSR count). The molecule has 3 N–H and O–H groups in total. The Morgan fingerprint density at radius 3 is 2.52 bits per heavy atom. The molecule has 0 aliphatic heterocycles. The summed E-state index contributed by atoms with van der Waals surface area (Å²) in [6, 6.07) is 16.9. The van der Waals surface area contributed by atoms with Crippen LogP contribution in [0.4, 0.5) is 0 Å². The van der Waals surface area contributed by atoms with E-state index in [1.807, 2.05) is 58.3 Å². The molecule has 0 radical (unpaired) electrons. The van der Waals surface area contributed by atoms with Gasteiger partial charge >= 0.3 is 5.97 Å². The van der Waals surface area contributed by atoms with Gasteiger partial charge < -0.3 is 20.3 Å². The van der Waals surface area contributed by atoms with Gasteiger partial charge in [0.15, 0.2) is 0 Å². The van der Waals surface area contributed by atoms with Gasteiger partial charge in [-0.1, -0.05) is 62.7 Å². The number of thioether (sulfide) groups is 1. The smallest absolute Gasteiger partial charge is 0.326 e. The molecule has 46 heavy (non-hydrogen) atoms. The van der Waals surface area contributed by atoms with E-state index in [2.05, 4.69) is 52.6 Å². The number of benzene rings is 2. The molecule has 0 bridgehead atoms. The fourth-order valence-corrected chi connectivity index (χ4v) is 5.90. The van der Waals surface area contributed by atoms with Gasteiger partial charge in [-0.2, -0.15) is 11.8 Å². The lowest BCUT2D eigenvalue weighted by Gasteiger charge is -2.31. The summed E-state index contributed by atoms with van der Waals surface area (Å²) in [4.78, 5) is 49.0. The summed E-state index contributed by atoms with van der Waals surface area (Å²) in [5.74, 6) is -0.795. The number of nitrogens with one attached hydrogen (secondary N) is 2. The third kappa shape index (κ3) is 10.4. The van der Waals surface area contributed by atoms with Crippen LogP contribution in [0.1, 0.15) is 43.5 Å². The molecule has 3 atom stereocenters. The molecule has 2 heterocycles. The maximum atomic E-state index is 13.3. The minimum Gasteiger partial charge on any atom is -0.480 e. The van der Waals surface area contributed by atoms with Gasteiger partial charge in [0.25, 0.3) is 0 Å². The summed E-state index contributed by atoms with van der Waals surface area (Å²) in [7, 11) is 0. The highest BCUT2D eigenvalue weighted by atomic mass is 32.2. The van der Waals surface area contributed by atoms with Gasteiger partial charge in [0.2, 0.25) is 11.8 Å². The molecule has 1 unspecified atom stereocenters. The van der Waals surface area contributed by atoms with Crippen molar-refractivity contribution in [3.05, 3.63) is 96.3 Å². The second-order valence-corrected chi connectivity index (χ2v) is 12.7. The van der Waals surface area contributed by atoms with Crippen molar-refractivity contribution in [1.29, 1.82) is 0 Å². The molecule has 2 aromatic heterocycles. The number of hydrogen-bond donors (Lipinski definition) is 3. The van der Waals surface area contributed by atoms with Gasteiger partial charge in [-0.15, -0.1) is 0 Å². The Hall–Kier alpha value is -4.22. The summed E-state index contributed by atoms with van der Waals surface area (Å²) in [6.07, 6.45) is 10.3. The Morgan fingerprint density at radius 2 is 1.78 bits per heavy atom. The van der Waals surface area contributed by atoms with Gasteiger partial charge in [-0.05, 0) is 58.4 Å². The first-order chi connectivity index (χ1) is 22.2. The minimum atomic E-state index is -1.05. The number of carboxylic acid groups (broad SMARTS) is 1. The average molecular weight is 645 g/mol. The lowest BCUT2D eigenvalue weighted by Crippen LogP contribution is -2.51. The molecule has 0 saturated heterocycles. The zero-order valence-electron chi connectivity index (χ0n) is 26.8. The number of imidazole rings is 1. The first kappa shape index (κ1) is 34.6. The van der Waals surface area contributed by atoms with E-state index in [0.29, 0.717) is 37.5 Å². The van der Waals surface area contributed by atoms with Crippen molar-refractivity contribution in [2.24, 2.45) is 5.92 Å². The summed E-state index contributed by atoms with van der Waals surface area (Å²) in [5, 5.41) is 17.8. The largest absolute Gasteiger partial charge is 0.480 e. The van der Waals surface area contributed by atoms with Crippen LogP contribution in [0.2, 0.25) is 0 Å². The summed E-state index contributed by atoms with van der Waals surface area (Å²) >= 11 is 1.54. The van der Waals surface area contributed by atoms with Gasteiger partial charge in [0.1, 0.15) is 6.04 Å². The Morgan fingerprint density at radius 1 is 1.02 bits per heavy atom. The van der Waals surface area contributed by atoms with Crippen LogP contribution in [0.5, 0.6) is 0 Å². The van der Waals surface area contributed by atoms with Crippen molar-refractivity contribution >= 4 is 40.3 Å². The lowest BCUT2D eigenvalue weighted by atomic mass is 9.97. The maximum Gasteiger partial charge on any atom is 0.326 e. The van der Waals surface area contributed by atoms with Crippen molar-refractivity contribution < 1.29 is 19.5 Å². The number of carbonyl (C=O) groups excluding carboxylic acids is 2. The van der Waals surface area contributed by atoms with E-state index in [1.165, 1.54) is 11.8 Å². The Kier molecular flexibility index (Phi) is 13.2. The lowest BCUT2D eigenvalue weighted by molar-refractivity contribution is -0.142. The number of nitrogens with zero attached hydrogens (tertiary/aromatic N) is 4. The minimum absolute atomic E-state index is 0.00547. The number of hydrogen-bond acceptors (Lipinski definition) is 7. The number of aliphatic carboxylic acids is 1. The van der Waals surface area contributed by atoms with E-state index in [4.69, 9.17) is 0 Å². The molecular weight excluding hydrogens is 600 g/mol. The van der Waals surface area contributed by atoms with E-state index < -0.39 is 12.0 Å². The number of rotatable bonds is 18. The number of amides is 2. The van der Waals surface area contributed by atoms with E-state index in [9.17, 15) is 19.5 Å². The molecule has 0 spiro atoms. The average Bonchev–Trinajstić information content (AvgIpc) is 3.48. The number of fused-ring (bicyclic) bond motifs is 1. The third-order valence-corrected chi connectivity index (χ3v) is 8.80. The van der Waals surface area contributed by atoms with Gasteiger partial charge in [0, 0.05) is 44.3 Å². The molecular formula is C35H44N6O4S. The molecule has 0 aliphatic rings. The van der Waals surface area contributed by atoms with Crippen LogP contribution in [0, 0.1) is 5.92 Å². The topological polar surface area (TPSA) is 129 Å². The van der Waals surface area contributed by atoms with Crippen LogP contribution in [0.3, 0.4) is 0 Å². The molecule has 2 aromatic carbocycles. The molecule has 0 aliphatic carbocycles. The number of carbonyl (C=O) groups is 3. The van der Waals surface area contributed by atoms with E-state index in [0.717, 1.165) is 28.3 Å². The van der Waals surface area contributed by atoms with Crippen LogP contribution < -0.4 is 10.6 Å². The monoisotopic (exact) mass is 644 g/mol. The van der Waals surface area contributed by atoms with Gasteiger partial charge in [0.05, 0.1) is 25.0 Å². The quantitative estimate of drug-likeness (QED) is 0.146. The highest BCUT2D eigenvalue weighted by molar-refractivity contribution is 7.98. The van der Waals surface area contributed by atoms with Crippen LogP contribution in [-0.2, 0) is 33.9 Å². The van der Waals surface area contributed by atoms with E-state index in [-0.39, 0.29) is 36.7 Å². The van der Waals surface area contributed by atoms with E-state index >= 15 is 0 Å². The number of pyridine rings is 1. The molecule has 11 heteroatoms. The fraction of sp³-hybridized carbons (Fsp3) is 0.400. The highest BCUT2D eigenvalue weighted by Crippen LogP contribution is 2.21. The fourth-order valence-electron chi connectivity index (χ4n) is 5.43. The second-order valence-electron chi connectivity index (χ2n) is 11.7. The Labute approximate surface area is 275 Å². The normalized spacial score (nSPS) is 13.3. The maximum absolute atomic E-state index is 13.3. The van der Waals surface area contributed by atoms with Crippen molar-refractivity contribution in [3.63, 3.8) is 0 Å². The predicted octanol–water partition coefficient (Wildman–Crippen LogP) is 4.38. The molecule has 0 fully saturated rings. The molecule has 4 aromatic rings. The first-order valence-electron chi connectivity index (χ1n) is 15.6. The van der Waals surface area contributed by atoms with Crippen LogP contribution >= 0.6 is 11.8 Å². The van der Waals surface area contributed by atoms with Crippen molar-refractivity contribution in [2.75, 3.05) is 25.1 Å². The van der Waals surface area contributed by atoms with Gasteiger partial charge in [-0.3, -0.25) is 19.5 Å². The van der Waals surface area contributed by atoms with Gasteiger partial charge in [-0.25, -0.2) is 9.78 Å². The van der Waals surface area contributed by atoms with E-state index in [1.54, 1.807) is 18.7 Å². The van der Waals surface area contributed by atoms with Crippen LogP contribution in [0.15, 0.2) is 79.5 Å². The Bertz CT molecular complexity index is 1570. The summed E-state index contributed by atoms with van der Waals surface area (Å²) < 4.78 is 1.94. The summed E-state index contributed by atoms with van der Waals surface area (Å²) in [5.41, 5.74) is 2.82. The molecule has 0 saturated carbocycles. The SMILES string of the molecule is CCC(C)[C@@H](CN(CC(=O)N[C@@H](CCSC)C(=O)O)Cc1cccc2ccccc12)NC(=O)Cc1cn(Cc2ccncc2)cn1. The van der Waals surface area contributed by atoms with Crippen molar-refractivity contribution in [1.82, 2.24) is 30.1 Å². The van der Waals surface area contributed by atoms with Crippen molar-refractivity contribution in [3.8, 4) is 0 Å². The zero-order valence-corrected chi connectivity index (χ0v) is 27.6. The molecule has 2 amide bonds. The second kappa shape index (κ2) is 17.5. The highest BCUT2D eigenvalue weighted by Gasteiger charge is 2.26. The van der Waals surface area contributed by atoms with Crippen LogP contribution in [-0.4, -0.2) is 79.5 Å². The van der Waals surface area contributed by atoms with Crippen molar-refractivity contribution in [2.45, 2.75) is 58.3 Å². The molecule has 244 valence electrons. The third-order valence-electron chi connectivity index (χ3n) is 8.16.